The van der Waals surface area contributed by atoms with Crippen LogP contribution in [0.3, 0.4) is 0 Å². The van der Waals surface area contributed by atoms with Crippen molar-refractivity contribution in [1.29, 1.82) is 0 Å². The van der Waals surface area contributed by atoms with Crippen LogP contribution in [-0.4, -0.2) is 19.2 Å². The molecular weight excluding hydrogens is 295 g/mol. The van der Waals surface area contributed by atoms with Gasteiger partial charge < -0.3 is 15.4 Å². The standard InChI is InChI=1S/C15H14ClFN2O2/c16-11-2-1-3-13(10-11)19-15(20)18-8-9-21-14-6-4-12(17)5-7-14/h1-7,10H,8-9H2,(H2,18,19,20). The molecule has 0 aliphatic carbocycles. The predicted octanol–water partition coefficient (Wildman–Crippen LogP) is 3.68. The van der Waals surface area contributed by atoms with Crippen LogP contribution in [0.15, 0.2) is 48.5 Å². The van der Waals surface area contributed by atoms with Gasteiger partial charge in [0.2, 0.25) is 0 Å². The van der Waals surface area contributed by atoms with Crippen molar-refractivity contribution >= 4 is 23.3 Å². The molecule has 0 radical (unpaired) electrons. The highest BCUT2D eigenvalue weighted by Crippen LogP contribution is 2.14. The Kier molecular flexibility index (Phi) is 5.40. The predicted molar refractivity (Wildman–Crippen MR) is 80.4 cm³/mol. The first-order valence-corrected chi connectivity index (χ1v) is 6.70. The summed E-state index contributed by atoms with van der Waals surface area (Å²) < 4.78 is 18.0. The van der Waals surface area contributed by atoms with E-state index >= 15 is 0 Å². The van der Waals surface area contributed by atoms with E-state index in [0.717, 1.165) is 0 Å². The first kappa shape index (κ1) is 15.1. The van der Waals surface area contributed by atoms with Gasteiger partial charge in [-0.1, -0.05) is 17.7 Å². The van der Waals surface area contributed by atoms with Crippen molar-refractivity contribution < 1.29 is 13.9 Å². The number of rotatable bonds is 5. The molecule has 21 heavy (non-hydrogen) atoms. The molecule has 0 aromatic heterocycles. The number of benzene rings is 2. The highest BCUT2D eigenvalue weighted by Gasteiger charge is 2.01. The van der Waals surface area contributed by atoms with E-state index in [4.69, 9.17) is 16.3 Å². The number of carbonyl (C=O) groups is 1. The van der Waals surface area contributed by atoms with Gasteiger partial charge in [0.25, 0.3) is 0 Å². The minimum atomic E-state index is -0.347. The second-order valence-corrected chi connectivity index (χ2v) is 4.63. The van der Waals surface area contributed by atoms with Crippen LogP contribution in [0, 0.1) is 5.82 Å². The van der Waals surface area contributed by atoms with Gasteiger partial charge in [-0.2, -0.15) is 0 Å². The van der Waals surface area contributed by atoms with Crippen molar-refractivity contribution in [2.75, 3.05) is 18.5 Å². The van der Waals surface area contributed by atoms with Gasteiger partial charge in [0.05, 0.1) is 6.54 Å². The van der Waals surface area contributed by atoms with Crippen LogP contribution in [0.2, 0.25) is 5.02 Å². The lowest BCUT2D eigenvalue weighted by molar-refractivity contribution is 0.247. The van der Waals surface area contributed by atoms with Crippen LogP contribution in [-0.2, 0) is 0 Å². The summed E-state index contributed by atoms with van der Waals surface area (Å²) in [5, 5.41) is 5.84. The molecule has 2 aromatic carbocycles. The highest BCUT2D eigenvalue weighted by atomic mass is 35.5. The molecule has 2 aromatic rings. The normalized spacial score (nSPS) is 10.0. The Hall–Kier alpha value is -2.27. The van der Waals surface area contributed by atoms with Gasteiger partial charge in [0.15, 0.2) is 0 Å². The molecule has 0 unspecified atom stereocenters. The average molecular weight is 309 g/mol. The summed E-state index contributed by atoms with van der Waals surface area (Å²) in [7, 11) is 0. The fraction of sp³-hybridized carbons (Fsp3) is 0.133. The molecule has 0 atom stereocenters. The second kappa shape index (κ2) is 7.50. The van der Waals surface area contributed by atoms with E-state index in [1.807, 2.05) is 0 Å². The first-order chi connectivity index (χ1) is 10.1. The summed E-state index contributed by atoms with van der Waals surface area (Å²) >= 11 is 5.82. The van der Waals surface area contributed by atoms with E-state index in [0.29, 0.717) is 23.0 Å². The Morgan fingerprint density at radius 1 is 1.19 bits per heavy atom. The van der Waals surface area contributed by atoms with Gasteiger partial charge in [-0.05, 0) is 42.5 Å². The molecule has 2 rings (SSSR count). The van der Waals surface area contributed by atoms with Crippen LogP contribution < -0.4 is 15.4 Å². The van der Waals surface area contributed by atoms with Crippen LogP contribution in [0.4, 0.5) is 14.9 Å². The second-order valence-electron chi connectivity index (χ2n) is 4.19. The van der Waals surface area contributed by atoms with Crippen molar-refractivity contribution in [2.45, 2.75) is 0 Å². The first-order valence-electron chi connectivity index (χ1n) is 6.32. The summed E-state index contributed by atoms with van der Waals surface area (Å²) in [6.45, 7) is 0.609. The van der Waals surface area contributed by atoms with E-state index in [9.17, 15) is 9.18 Å². The van der Waals surface area contributed by atoms with Crippen molar-refractivity contribution in [3.05, 3.63) is 59.4 Å². The number of hydrogen-bond acceptors (Lipinski definition) is 2. The monoisotopic (exact) mass is 308 g/mol. The number of hydrogen-bond donors (Lipinski definition) is 2. The van der Waals surface area contributed by atoms with Crippen LogP contribution in [0.1, 0.15) is 0 Å². The largest absolute Gasteiger partial charge is 0.492 e. The SMILES string of the molecule is O=C(NCCOc1ccc(F)cc1)Nc1cccc(Cl)c1. The molecule has 0 aliphatic heterocycles. The molecule has 110 valence electrons. The lowest BCUT2D eigenvalue weighted by atomic mass is 10.3. The molecule has 2 N–H and O–H groups in total. The van der Waals surface area contributed by atoms with E-state index in [1.54, 1.807) is 24.3 Å². The molecule has 0 saturated carbocycles. The van der Waals surface area contributed by atoms with Gasteiger partial charge >= 0.3 is 6.03 Å². The lowest BCUT2D eigenvalue weighted by Crippen LogP contribution is -2.32. The number of carbonyl (C=O) groups excluding carboxylic acids is 1. The third kappa shape index (κ3) is 5.31. The Bertz CT molecular complexity index is 605. The number of anilines is 1. The third-order valence-corrected chi connectivity index (χ3v) is 2.79. The number of nitrogens with one attached hydrogen (secondary N) is 2. The number of ether oxygens (including phenoxy) is 1. The molecule has 0 bridgehead atoms. The quantitative estimate of drug-likeness (QED) is 0.828. The van der Waals surface area contributed by atoms with Crippen LogP contribution in [0.5, 0.6) is 5.75 Å². The van der Waals surface area contributed by atoms with Crippen molar-refractivity contribution in [3.8, 4) is 5.75 Å². The summed E-state index contributed by atoms with van der Waals surface area (Å²) in [6.07, 6.45) is 0. The van der Waals surface area contributed by atoms with E-state index in [1.165, 1.54) is 24.3 Å². The Balaban J connectivity index is 1.68. The summed E-state index contributed by atoms with van der Waals surface area (Å²) in [5.74, 6) is 0.231. The van der Waals surface area contributed by atoms with E-state index in [2.05, 4.69) is 10.6 Å². The van der Waals surface area contributed by atoms with Crippen molar-refractivity contribution in [3.63, 3.8) is 0 Å². The van der Waals surface area contributed by atoms with E-state index in [-0.39, 0.29) is 18.5 Å². The molecule has 0 aliphatic rings. The zero-order valence-electron chi connectivity index (χ0n) is 11.1. The van der Waals surface area contributed by atoms with Gasteiger partial charge in [0.1, 0.15) is 18.2 Å². The fourth-order valence-corrected chi connectivity index (χ4v) is 1.80. The zero-order valence-corrected chi connectivity index (χ0v) is 11.9. The third-order valence-electron chi connectivity index (χ3n) is 2.55. The Morgan fingerprint density at radius 2 is 1.95 bits per heavy atom. The van der Waals surface area contributed by atoms with Gasteiger partial charge in [-0.25, -0.2) is 9.18 Å². The molecule has 0 heterocycles. The minimum absolute atomic E-state index is 0.286. The van der Waals surface area contributed by atoms with Crippen LogP contribution in [0.25, 0.3) is 0 Å². The van der Waals surface area contributed by atoms with Gasteiger partial charge in [0, 0.05) is 10.7 Å². The fourth-order valence-electron chi connectivity index (χ4n) is 1.61. The molecule has 4 nitrogen and oxygen atoms in total. The van der Waals surface area contributed by atoms with Crippen LogP contribution >= 0.6 is 11.6 Å². The Morgan fingerprint density at radius 3 is 2.67 bits per heavy atom. The molecular formula is C15H14ClFN2O2. The molecule has 0 saturated heterocycles. The number of urea groups is 1. The average Bonchev–Trinajstić information content (AvgIpc) is 2.45. The van der Waals surface area contributed by atoms with Crippen molar-refractivity contribution in [1.82, 2.24) is 5.32 Å². The number of halogens is 2. The maximum absolute atomic E-state index is 12.7. The highest BCUT2D eigenvalue weighted by molar-refractivity contribution is 6.30. The Labute approximate surface area is 126 Å². The summed E-state index contributed by atoms with van der Waals surface area (Å²) in [4.78, 5) is 11.6. The summed E-state index contributed by atoms with van der Waals surface area (Å²) in [5.41, 5.74) is 0.611. The van der Waals surface area contributed by atoms with E-state index < -0.39 is 0 Å². The summed E-state index contributed by atoms with van der Waals surface area (Å²) in [6, 6.07) is 12.2. The maximum Gasteiger partial charge on any atom is 0.319 e. The van der Waals surface area contributed by atoms with Gasteiger partial charge in [-0.3, -0.25) is 0 Å². The molecule has 0 fully saturated rings. The van der Waals surface area contributed by atoms with Gasteiger partial charge in [-0.15, -0.1) is 0 Å². The van der Waals surface area contributed by atoms with Crippen molar-refractivity contribution in [2.24, 2.45) is 0 Å². The molecule has 2 amide bonds. The molecule has 0 spiro atoms. The molecule has 6 heteroatoms. The lowest BCUT2D eigenvalue weighted by Gasteiger charge is -2.09. The maximum atomic E-state index is 12.7. The minimum Gasteiger partial charge on any atom is -0.492 e. The smallest absolute Gasteiger partial charge is 0.319 e. The zero-order chi connectivity index (χ0) is 15.1. The topological polar surface area (TPSA) is 50.4 Å². The number of amides is 2.